The van der Waals surface area contributed by atoms with Crippen molar-refractivity contribution in [3.8, 4) is 0 Å². The van der Waals surface area contributed by atoms with Crippen molar-refractivity contribution in [2.75, 3.05) is 18.0 Å². The zero-order chi connectivity index (χ0) is 12.3. The predicted octanol–water partition coefficient (Wildman–Crippen LogP) is 2.09. The van der Waals surface area contributed by atoms with Crippen molar-refractivity contribution in [2.45, 2.75) is 25.1 Å². The second-order valence-electron chi connectivity index (χ2n) is 4.86. The zero-order valence-corrected chi connectivity index (χ0v) is 9.81. The molecule has 3 nitrogen and oxygen atoms in total. The van der Waals surface area contributed by atoms with Crippen LogP contribution in [0.3, 0.4) is 0 Å². The van der Waals surface area contributed by atoms with Crippen LogP contribution in [0.4, 0.5) is 18.3 Å². The van der Waals surface area contributed by atoms with Crippen molar-refractivity contribution in [1.29, 1.82) is 0 Å². The highest BCUT2D eigenvalue weighted by Gasteiger charge is 2.54. The van der Waals surface area contributed by atoms with Crippen molar-refractivity contribution in [3.05, 3.63) is 11.1 Å². The number of thiazole rings is 1. The molecule has 2 fully saturated rings. The first-order valence-corrected chi connectivity index (χ1v) is 6.32. The predicted molar refractivity (Wildman–Crippen MR) is 59.0 cm³/mol. The average molecular weight is 263 g/mol. The van der Waals surface area contributed by atoms with Crippen LogP contribution in [0.15, 0.2) is 5.38 Å². The lowest BCUT2D eigenvalue weighted by molar-refractivity contribution is -0.140. The zero-order valence-electron chi connectivity index (χ0n) is 9.00. The van der Waals surface area contributed by atoms with E-state index in [2.05, 4.69) is 4.98 Å². The van der Waals surface area contributed by atoms with Gasteiger partial charge in [0.15, 0.2) is 10.8 Å². The molecule has 7 heteroatoms. The largest absolute Gasteiger partial charge is 0.434 e. The Kier molecular flexibility index (Phi) is 2.22. The van der Waals surface area contributed by atoms with Crippen molar-refractivity contribution in [3.63, 3.8) is 0 Å². The molecule has 1 atom stereocenters. The number of nitrogens with zero attached hydrogens (tertiary/aromatic N) is 2. The number of hydrogen-bond acceptors (Lipinski definition) is 4. The van der Waals surface area contributed by atoms with Crippen LogP contribution in [-0.2, 0) is 6.18 Å². The van der Waals surface area contributed by atoms with Crippen LogP contribution in [0.1, 0.15) is 18.5 Å². The number of nitrogens with two attached hydrogens (primary N) is 1. The molecule has 1 spiro atoms. The third kappa shape index (κ3) is 1.81. The summed E-state index contributed by atoms with van der Waals surface area (Å²) in [5.41, 5.74) is 5.36. The molecule has 94 valence electrons. The van der Waals surface area contributed by atoms with Gasteiger partial charge in [-0.2, -0.15) is 13.2 Å². The maximum absolute atomic E-state index is 12.4. The fourth-order valence-corrected chi connectivity index (χ4v) is 3.21. The lowest BCUT2D eigenvalue weighted by atomic mass is 10.0. The summed E-state index contributed by atoms with van der Waals surface area (Å²) in [7, 11) is 0. The maximum atomic E-state index is 12.4. The molecule has 0 bridgehead atoms. The van der Waals surface area contributed by atoms with Gasteiger partial charge < -0.3 is 10.6 Å². The van der Waals surface area contributed by atoms with Gasteiger partial charge >= 0.3 is 6.18 Å². The van der Waals surface area contributed by atoms with Crippen molar-refractivity contribution in [2.24, 2.45) is 11.1 Å². The summed E-state index contributed by atoms with van der Waals surface area (Å²) < 4.78 is 37.3. The molecule has 0 unspecified atom stereocenters. The van der Waals surface area contributed by atoms with Crippen LogP contribution in [0.5, 0.6) is 0 Å². The monoisotopic (exact) mass is 263 g/mol. The van der Waals surface area contributed by atoms with E-state index >= 15 is 0 Å². The fraction of sp³-hybridized carbons (Fsp3) is 0.700. The first kappa shape index (κ1) is 11.3. The first-order chi connectivity index (χ1) is 7.91. The summed E-state index contributed by atoms with van der Waals surface area (Å²) in [6.07, 6.45) is -2.18. The smallest absolute Gasteiger partial charge is 0.346 e. The highest BCUT2D eigenvalue weighted by Crippen LogP contribution is 2.53. The quantitative estimate of drug-likeness (QED) is 0.843. The minimum atomic E-state index is -4.35. The van der Waals surface area contributed by atoms with Crippen LogP contribution >= 0.6 is 11.3 Å². The minimum Gasteiger partial charge on any atom is -0.346 e. The van der Waals surface area contributed by atoms with Gasteiger partial charge in [-0.15, -0.1) is 11.3 Å². The van der Waals surface area contributed by atoms with E-state index in [-0.39, 0.29) is 11.5 Å². The number of rotatable bonds is 1. The summed E-state index contributed by atoms with van der Waals surface area (Å²) in [5.74, 6) is 0. The molecule has 1 saturated carbocycles. The van der Waals surface area contributed by atoms with E-state index in [0.29, 0.717) is 11.7 Å². The van der Waals surface area contributed by atoms with Crippen LogP contribution < -0.4 is 10.6 Å². The normalized spacial score (nSPS) is 26.8. The van der Waals surface area contributed by atoms with E-state index in [1.165, 1.54) is 0 Å². The number of halogens is 3. The SMILES string of the molecule is N[C@H]1CN(c2nc(C(F)(F)F)cs2)CC12CC2. The molecule has 1 aromatic rings. The molecule has 1 saturated heterocycles. The number of aromatic nitrogens is 1. The molecule has 3 rings (SSSR count). The Morgan fingerprint density at radius 1 is 1.47 bits per heavy atom. The Hall–Kier alpha value is -0.820. The molecule has 0 radical (unpaired) electrons. The molecule has 0 amide bonds. The summed E-state index contributed by atoms with van der Waals surface area (Å²) in [6, 6.07) is 0.0701. The summed E-state index contributed by atoms with van der Waals surface area (Å²) >= 11 is 1.04. The van der Waals surface area contributed by atoms with Gasteiger partial charge in [-0.25, -0.2) is 4.98 Å². The lowest BCUT2D eigenvalue weighted by Crippen LogP contribution is -2.30. The molecule has 0 aromatic carbocycles. The van der Waals surface area contributed by atoms with Crippen molar-refractivity contribution < 1.29 is 13.2 Å². The Labute approximate surface area is 100 Å². The second kappa shape index (κ2) is 3.35. The van der Waals surface area contributed by atoms with E-state index < -0.39 is 11.9 Å². The van der Waals surface area contributed by atoms with Gasteiger partial charge in [-0.05, 0) is 12.8 Å². The highest BCUT2D eigenvalue weighted by atomic mass is 32.1. The van der Waals surface area contributed by atoms with Gasteiger partial charge in [0.25, 0.3) is 0 Å². The van der Waals surface area contributed by atoms with E-state index in [1.807, 2.05) is 4.90 Å². The number of hydrogen-bond donors (Lipinski definition) is 1. The highest BCUT2D eigenvalue weighted by molar-refractivity contribution is 7.13. The van der Waals surface area contributed by atoms with Crippen LogP contribution in [0.25, 0.3) is 0 Å². The molecule has 1 aromatic heterocycles. The molecule has 1 aliphatic heterocycles. The molecule has 2 aliphatic rings. The van der Waals surface area contributed by atoms with Gasteiger partial charge in [0.05, 0.1) is 0 Å². The van der Waals surface area contributed by atoms with Crippen LogP contribution in [0, 0.1) is 5.41 Å². The molecule has 2 heterocycles. The second-order valence-corrected chi connectivity index (χ2v) is 5.70. The van der Waals surface area contributed by atoms with Crippen LogP contribution in [0.2, 0.25) is 0 Å². The Bertz CT molecular complexity index is 438. The Morgan fingerprint density at radius 2 is 2.18 bits per heavy atom. The third-order valence-electron chi connectivity index (χ3n) is 3.65. The summed E-state index contributed by atoms with van der Waals surface area (Å²) in [4.78, 5) is 5.54. The van der Waals surface area contributed by atoms with Gasteiger partial charge in [0.1, 0.15) is 0 Å². The maximum Gasteiger partial charge on any atom is 0.434 e. The lowest BCUT2D eigenvalue weighted by Gasteiger charge is -2.13. The van der Waals surface area contributed by atoms with E-state index in [9.17, 15) is 13.2 Å². The van der Waals surface area contributed by atoms with Crippen LogP contribution in [-0.4, -0.2) is 24.1 Å². The molecular formula is C10H12F3N3S. The summed E-state index contributed by atoms with van der Waals surface area (Å²) in [6.45, 7) is 1.36. The third-order valence-corrected chi connectivity index (χ3v) is 4.56. The number of anilines is 1. The first-order valence-electron chi connectivity index (χ1n) is 5.44. The molecule has 1 aliphatic carbocycles. The summed E-state index contributed by atoms with van der Waals surface area (Å²) in [5, 5.41) is 1.51. The van der Waals surface area contributed by atoms with Crippen molar-refractivity contribution >= 4 is 16.5 Å². The molecule has 17 heavy (non-hydrogen) atoms. The molecular weight excluding hydrogens is 251 g/mol. The standard InChI is InChI=1S/C10H12F3N3S/c11-10(12,13)7-4-17-8(15-7)16-3-6(14)9(5-16)1-2-9/h4,6H,1-3,5,14H2/t6-/m0/s1. The average Bonchev–Trinajstić information content (AvgIpc) is 2.72. The fourth-order valence-electron chi connectivity index (χ4n) is 2.37. The van der Waals surface area contributed by atoms with Gasteiger partial charge in [0.2, 0.25) is 0 Å². The Balaban J connectivity index is 1.80. The van der Waals surface area contributed by atoms with Gasteiger partial charge in [0, 0.05) is 29.9 Å². The van der Waals surface area contributed by atoms with E-state index in [4.69, 9.17) is 5.73 Å². The topological polar surface area (TPSA) is 42.1 Å². The van der Waals surface area contributed by atoms with Crippen molar-refractivity contribution in [1.82, 2.24) is 4.98 Å². The number of alkyl halides is 3. The molecule has 2 N–H and O–H groups in total. The van der Waals surface area contributed by atoms with E-state index in [0.717, 1.165) is 36.1 Å². The van der Waals surface area contributed by atoms with E-state index in [1.54, 1.807) is 0 Å². The minimum absolute atomic E-state index is 0.0701. The van der Waals surface area contributed by atoms with Gasteiger partial charge in [-0.1, -0.05) is 0 Å². The Morgan fingerprint density at radius 3 is 2.65 bits per heavy atom. The van der Waals surface area contributed by atoms with Gasteiger partial charge in [-0.3, -0.25) is 0 Å².